The van der Waals surface area contributed by atoms with E-state index in [2.05, 4.69) is 4.98 Å². The van der Waals surface area contributed by atoms with Gasteiger partial charge in [0.05, 0.1) is 16.4 Å². The van der Waals surface area contributed by atoms with Crippen molar-refractivity contribution in [2.24, 2.45) is 0 Å². The summed E-state index contributed by atoms with van der Waals surface area (Å²) in [6.45, 7) is 7.37. The van der Waals surface area contributed by atoms with Crippen LogP contribution in [0.1, 0.15) is 42.5 Å². The Balaban J connectivity index is 1.65. The van der Waals surface area contributed by atoms with Crippen molar-refractivity contribution in [3.63, 3.8) is 0 Å². The summed E-state index contributed by atoms with van der Waals surface area (Å²) in [7, 11) is 0. The number of aryl methyl sites for hydroxylation is 2. The molecule has 1 aromatic carbocycles. The van der Waals surface area contributed by atoms with Gasteiger partial charge in [-0.3, -0.25) is 14.5 Å². The van der Waals surface area contributed by atoms with Crippen LogP contribution in [-0.2, 0) is 9.59 Å². The molecule has 3 heterocycles. The van der Waals surface area contributed by atoms with E-state index in [1.54, 1.807) is 23.2 Å². The van der Waals surface area contributed by atoms with Crippen LogP contribution < -0.4 is 9.64 Å². The lowest BCUT2D eigenvalue weighted by Gasteiger charge is -2.34. The second-order valence-corrected chi connectivity index (χ2v) is 9.21. The predicted octanol–water partition coefficient (Wildman–Crippen LogP) is 3.94. The summed E-state index contributed by atoms with van der Waals surface area (Å²) in [5.41, 5.74) is 2.50. The standard InChI is InChI=1S/C22H27N3O3S/c1-14-22(27)25(13-20(26)24-10-6-4-5-7-11-24)18-12-17(8-9-19(18)28-14)21-15(2)29-16(3)23-21/h8-9,12,14H,4-7,10-11,13H2,1-3H3. The number of aromatic nitrogens is 1. The van der Waals surface area contributed by atoms with Gasteiger partial charge in [-0.25, -0.2) is 4.98 Å². The van der Waals surface area contributed by atoms with E-state index in [-0.39, 0.29) is 18.4 Å². The van der Waals surface area contributed by atoms with Gasteiger partial charge in [-0.05, 0) is 51.8 Å². The van der Waals surface area contributed by atoms with E-state index in [1.807, 2.05) is 36.9 Å². The number of anilines is 1. The quantitative estimate of drug-likeness (QED) is 0.765. The summed E-state index contributed by atoms with van der Waals surface area (Å²) in [6.07, 6.45) is 3.78. The van der Waals surface area contributed by atoms with Crippen LogP contribution in [0, 0.1) is 13.8 Å². The molecule has 0 radical (unpaired) electrons. The van der Waals surface area contributed by atoms with Gasteiger partial charge in [0.2, 0.25) is 5.91 Å². The summed E-state index contributed by atoms with van der Waals surface area (Å²) in [5, 5.41) is 1.00. The average Bonchev–Trinajstić information content (AvgIpc) is 2.88. The fourth-order valence-corrected chi connectivity index (χ4v) is 4.91. The minimum absolute atomic E-state index is 0.00591. The maximum Gasteiger partial charge on any atom is 0.268 e. The van der Waals surface area contributed by atoms with Gasteiger partial charge in [-0.2, -0.15) is 0 Å². The highest BCUT2D eigenvalue weighted by Crippen LogP contribution is 2.38. The van der Waals surface area contributed by atoms with Crippen LogP contribution in [0.15, 0.2) is 18.2 Å². The van der Waals surface area contributed by atoms with E-state index in [0.717, 1.165) is 59.9 Å². The van der Waals surface area contributed by atoms with Crippen LogP contribution in [-0.4, -0.2) is 47.4 Å². The van der Waals surface area contributed by atoms with Gasteiger partial charge in [0, 0.05) is 23.5 Å². The molecular weight excluding hydrogens is 386 g/mol. The number of hydrogen-bond acceptors (Lipinski definition) is 5. The molecule has 1 aromatic heterocycles. The number of carbonyl (C=O) groups excluding carboxylic acids is 2. The van der Waals surface area contributed by atoms with Gasteiger partial charge in [-0.1, -0.05) is 12.8 Å². The van der Waals surface area contributed by atoms with E-state index in [0.29, 0.717) is 11.4 Å². The number of hydrogen-bond donors (Lipinski definition) is 0. The minimum atomic E-state index is -0.603. The van der Waals surface area contributed by atoms with Crippen molar-refractivity contribution >= 4 is 28.8 Å². The minimum Gasteiger partial charge on any atom is -0.479 e. The molecule has 0 saturated carbocycles. The van der Waals surface area contributed by atoms with Gasteiger partial charge < -0.3 is 9.64 Å². The van der Waals surface area contributed by atoms with E-state index in [1.165, 1.54) is 0 Å². The second-order valence-electron chi connectivity index (χ2n) is 7.80. The summed E-state index contributed by atoms with van der Waals surface area (Å²) < 4.78 is 5.81. The molecule has 1 atom stereocenters. The Morgan fingerprint density at radius 2 is 1.93 bits per heavy atom. The second kappa shape index (κ2) is 8.14. The van der Waals surface area contributed by atoms with Crippen LogP contribution in [0.2, 0.25) is 0 Å². The lowest BCUT2D eigenvalue weighted by molar-refractivity contribution is -0.133. The maximum absolute atomic E-state index is 13.0. The average molecular weight is 414 g/mol. The molecule has 29 heavy (non-hydrogen) atoms. The number of thiazole rings is 1. The molecule has 0 spiro atoms. The molecule has 1 saturated heterocycles. The topological polar surface area (TPSA) is 62.7 Å². The van der Waals surface area contributed by atoms with E-state index in [4.69, 9.17) is 4.74 Å². The fraction of sp³-hybridized carbons (Fsp3) is 0.500. The molecule has 7 heteroatoms. The van der Waals surface area contributed by atoms with Crippen LogP contribution in [0.25, 0.3) is 11.3 Å². The van der Waals surface area contributed by atoms with Gasteiger partial charge in [-0.15, -0.1) is 11.3 Å². The molecule has 6 nitrogen and oxygen atoms in total. The molecule has 0 aliphatic carbocycles. The molecule has 1 unspecified atom stereocenters. The summed E-state index contributed by atoms with van der Waals surface area (Å²) in [5.74, 6) is 0.463. The number of amides is 2. The third-order valence-corrected chi connectivity index (χ3v) is 6.48. The lowest BCUT2D eigenvalue weighted by Crippen LogP contribution is -2.49. The first kappa shape index (κ1) is 19.9. The van der Waals surface area contributed by atoms with Crippen molar-refractivity contribution in [3.8, 4) is 17.0 Å². The van der Waals surface area contributed by atoms with Crippen molar-refractivity contribution in [1.82, 2.24) is 9.88 Å². The molecule has 2 aliphatic heterocycles. The molecule has 1 fully saturated rings. The summed E-state index contributed by atoms with van der Waals surface area (Å²) >= 11 is 1.65. The smallest absolute Gasteiger partial charge is 0.268 e. The van der Waals surface area contributed by atoms with E-state index in [9.17, 15) is 9.59 Å². The van der Waals surface area contributed by atoms with Crippen molar-refractivity contribution in [2.45, 2.75) is 52.6 Å². The molecule has 4 rings (SSSR count). The SMILES string of the molecule is Cc1nc(-c2ccc3c(c2)N(CC(=O)N2CCCCCC2)C(=O)C(C)O3)c(C)s1. The van der Waals surface area contributed by atoms with Crippen molar-refractivity contribution < 1.29 is 14.3 Å². The van der Waals surface area contributed by atoms with Gasteiger partial charge in [0.25, 0.3) is 5.91 Å². The zero-order valence-corrected chi connectivity index (χ0v) is 18.1. The Bertz CT molecular complexity index is 931. The number of fused-ring (bicyclic) bond motifs is 1. The van der Waals surface area contributed by atoms with Crippen molar-refractivity contribution in [1.29, 1.82) is 0 Å². The fourth-order valence-electron chi connectivity index (χ4n) is 4.07. The zero-order valence-electron chi connectivity index (χ0n) is 17.2. The predicted molar refractivity (Wildman–Crippen MR) is 115 cm³/mol. The molecular formula is C22H27N3O3S. The van der Waals surface area contributed by atoms with Crippen molar-refractivity contribution in [3.05, 3.63) is 28.1 Å². The molecule has 154 valence electrons. The Morgan fingerprint density at radius 3 is 2.59 bits per heavy atom. The Kier molecular flexibility index (Phi) is 5.58. The summed E-state index contributed by atoms with van der Waals surface area (Å²) in [6, 6.07) is 5.78. The van der Waals surface area contributed by atoms with E-state index >= 15 is 0 Å². The molecule has 0 bridgehead atoms. The van der Waals surface area contributed by atoms with Crippen LogP contribution in [0.3, 0.4) is 0 Å². The normalized spacial score (nSPS) is 19.6. The highest BCUT2D eigenvalue weighted by molar-refractivity contribution is 7.11. The van der Waals surface area contributed by atoms with E-state index < -0.39 is 6.10 Å². The Morgan fingerprint density at radius 1 is 1.21 bits per heavy atom. The van der Waals surface area contributed by atoms with Crippen LogP contribution >= 0.6 is 11.3 Å². The molecule has 2 amide bonds. The number of nitrogens with zero attached hydrogens (tertiary/aromatic N) is 3. The van der Waals surface area contributed by atoms with Gasteiger partial charge >= 0.3 is 0 Å². The van der Waals surface area contributed by atoms with Crippen molar-refractivity contribution in [2.75, 3.05) is 24.5 Å². The van der Waals surface area contributed by atoms with Crippen LogP contribution in [0.5, 0.6) is 5.75 Å². The number of carbonyl (C=O) groups is 2. The highest BCUT2D eigenvalue weighted by atomic mass is 32.1. The highest BCUT2D eigenvalue weighted by Gasteiger charge is 2.34. The first-order chi connectivity index (χ1) is 13.9. The first-order valence-corrected chi connectivity index (χ1v) is 11.1. The number of likely N-dealkylation sites (tertiary alicyclic amines) is 1. The molecule has 0 N–H and O–H groups in total. The van der Waals surface area contributed by atoms with Gasteiger partial charge in [0.15, 0.2) is 6.10 Å². The number of benzene rings is 1. The zero-order chi connectivity index (χ0) is 20.5. The Labute approximate surface area is 175 Å². The molecule has 2 aliphatic rings. The lowest BCUT2D eigenvalue weighted by atomic mass is 10.1. The largest absolute Gasteiger partial charge is 0.479 e. The maximum atomic E-state index is 13.0. The molecule has 2 aromatic rings. The number of ether oxygens (including phenoxy) is 1. The Hall–Kier alpha value is -2.41. The van der Waals surface area contributed by atoms with Crippen LogP contribution in [0.4, 0.5) is 5.69 Å². The third kappa shape index (κ3) is 4.01. The monoisotopic (exact) mass is 413 g/mol. The van der Waals surface area contributed by atoms with Gasteiger partial charge in [0.1, 0.15) is 12.3 Å². The number of rotatable bonds is 3. The first-order valence-electron chi connectivity index (χ1n) is 10.3. The summed E-state index contributed by atoms with van der Waals surface area (Å²) in [4.78, 5) is 35.1. The third-order valence-electron chi connectivity index (χ3n) is 5.60.